The highest BCUT2D eigenvalue weighted by Gasteiger charge is 2.44. The lowest BCUT2D eigenvalue weighted by Crippen LogP contribution is -2.18. The van der Waals surface area contributed by atoms with Crippen LogP contribution in [-0.4, -0.2) is 24.3 Å². The van der Waals surface area contributed by atoms with Crippen molar-refractivity contribution >= 4 is 5.97 Å². The van der Waals surface area contributed by atoms with Gasteiger partial charge >= 0.3 is 5.97 Å². The Morgan fingerprint density at radius 2 is 2.13 bits per heavy atom. The molecule has 0 aromatic rings. The first-order chi connectivity index (χ1) is 7.20. The maximum absolute atomic E-state index is 10.6. The summed E-state index contributed by atoms with van der Waals surface area (Å²) in [5, 5.41) is 8.73. The van der Waals surface area contributed by atoms with E-state index in [4.69, 9.17) is 9.84 Å². The van der Waals surface area contributed by atoms with Crippen molar-refractivity contribution in [2.45, 2.75) is 44.9 Å². The van der Waals surface area contributed by atoms with Crippen LogP contribution in [-0.2, 0) is 9.53 Å². The molecule has 0 aromatic carbocycles. The molecule has 0 bridgehead atoms. The van der Waals surface area contributed by atoms with Crippen molar-refractivity contribution in [1.29, 1.82) is 0 Å². The number of carbonyl (C=O) groups is 1. The van der Waals surface area contributed by atoms with E-state index in [0.717, 1.165) is 25.4 Å². The fourth-order valence-corrected chi connectivity index (χ4v) is 2.19. The van der Waals surface area contributed by atoms with Gasteiger partial charge in [0.1, 0.15) is 0 Å². The normalized spacial score (nSPS) is 23.5. The van der Waals surface area contributed by atoms with Gasteiger partial charge in [-0.05, 0) is 25.2 Å². The molecule has 1 N–H and O–H groups in total. The molecule has 2 aliphatic carbocycles. The van der Waals surface area contributed by atoms with E-state index in [1.54, 1.807) is 0 Å². The first kappa shape index (κ1) is 10.9. The number of rotatable bonds is 7. The highest BCUT2D eigenvalue weighted by atomic mass is 16.5. The average Bonchev–Trinajstić information content (AvgIpc) is 2.80. The Balaban J connectivity index is 1.54. The number of carboxylic acids is 1. The molecule has 0 aliphatic heterocycles. The van der Waals surface area contributed by atoms with Gasteiger partial charge in [-0.25, -0.2) is 0 Å². The number of ether oxygens (including phenoxy) is 1. The molecule has 3 nitrogen and oxygen atoms in total. The second kappa shape index (κ2) is 4.52. The van der Waals surface area contributed by atoms with Gasteiger partial charge in [0.25, 0.3) is 0 Å². The average molecular weight is 212 g/mol. The Morgan fingerprint density at radius 3 is 2.60 bits per heavy atom. The van der Waals surface area contributed by atoms with Gasteiger partial charge in [-0.1, -0.05) is 19.3 Å². The highest BCUT2D eigenvalue weighted by Crippen LogP contribution is 2.49. The summed E-state index contributed by atoms with van der Waals surface area (Å²) in [7, 11) is 0. The largest absolute Gasteiger partial charge is 0.481 e. The Hall–Kier alpha value is -0.570. The molecule has 2 fully saturated rings. The van der Waals surface area contributed by atoms with Gasteiger partial charge in [0.05, 0.1) is 13.0 Å². The molecule has 0 unspecified atom stereocenters. The fourth-order valence-electron chi connectivity index (χ4n) is 2.19. The van der Waals surface area contributed by atoms with E-state index in [-0.39, 0.29) is 11.8 Å². The van der Waals surface area contributed by atoms with Crippen LogP contribution in [0.3, 0.4) is 0 Å². The monoisotopic (exact) mass is 212 g/mol. The summed E-state index contributed by atoms with van der Waals surface area (Å²) in [5.41, 5.74) is 0.00540. The topological polar surface area (TPSA) is 46.5 Å². The van der Waals surface area contributed by atoms with Crippen LogP contribution in [0.2, 0.25) is 0 Å². The first-order valence-corrected chi connectivity index (χ1v) is 6.00. The fraction of sp³-hybridized carbons (Fsp3) is 0.917. The minimum absolute atomic E-state index is 0.00540. The van der Waals surface area contributed by atoms with Crippen molar-refractivity contribution in [3.8, 4) is 0 Å². The minimum Gasteiger partial charge on any atom is -0.481 e. The SMILES string of the molecule is O=C(O)CC1(COCCC2CCC2)CC1. The van der Waals surface area contributed by atoms with Gasteiger partial charge in [-0.15, -0.1) is 0 Å². The van der Waals surface area contributed by atoms with Crippen molar-refractivity contribution in [3.63, 3.8) is 0 Å². The van der Waals surface area contributed by atoms with E-state index in [9.17, 15) is 4.79 Å². The Labute approximate surface area is 90.8 Å². The zero-order chi connectivity index (χ0) is 10.7. The lowest BCUT2D eigenvalue weighted by atomic mass is 9.83. The Bertz CT molecular complexity index is 229. The summed E-state index contributed by atoms with van der Waals surface area (Å²) < 4.78 is 5.60. The van der Waals surface area contributed by atoms with E-state index >= 15 is 0 Å². The molecule has 2 aliphatic rings. The van der Waals surface area contributed by atoms with Gasteiger partial charge in [0, 0.05) is 12.0 Å². The Morgan fingerprint density at radius 1 is 1.40 bits per heavy atom. The molecule has 0 saturated heterocycles. The molecule has 2 rings (SSSR count). The lowest BCUT2D eigenvalue weighted by molar-refractivity contribution is -0.139. The molecule has 3 heteroatoms. The molecule has 2 saturated carbocycles. The summed E-state index contributed by atoms with van der Waals surface area (Å²) in [6, 6.07) is 0. The van der Waals surface area contributed by atoms with Crippen LogP contribution >= 0.6 is 0 Å². The van der Waals surface area contributed by atoms with Gasteiger partial charge in [-0.2, -0.15) is 0 Å². The van der Waals surface area contributed by atoms with Gasteiger partial charge < -0.3 is 9.84 Å². The Kier molecular flexibility index (Phi) is 3.29. The second-order valence-electron chi connectivity index (χ2n) is 5.21. The maximum atomic E-state index is 10.6. The number of carboxylic acid groups (broad SMARTS) is 1. The molecule has 86 valence electrons. The number of hydrogen-bond donors (Lipinski definition) is 1. The predicted molar refractivity (Wildman–Crippen MR) is 56.7 cm³/mol. The summed E-state index contributed by atoms with van der Waals surface area (Å²) in [6.07, 6.45) is 7.63. The summed E-state index contributed by atoms with van der Waals surface area (Å²) in [5.74, 6) is 0.203. The van der Waals surface area contributed by atoms with Crippen molar-refractivity contribution in [2.24, 2.45) is 11.3 Å². The highest BCUT2D eigenvalue weighted by molar-refractivity contribution is 5.68. The third kappa shape index (κ3) is 3.20. The molecule has 0 aromatic heterocycles. The van der Waals surface area contributed by atoms with Crippen LogP contribution in [0, 0.1) is 11.3 Å². The van der Waals surface area contributed by atoms with Crippen LogP contribution < -0.4 is 0 Å². The first-order valence-electron chi connectivity index (χ1n) is 6.00. The zero-order valence-corrected chi connectivity index (χ0v) is 9.21. The summed E-state index contributed by atoms with van der Waals surface area (Å²) >= 11 is 0. The van der Waals surface area contributed by atoms with Crippen LogP contribution in [0.4, 0.5) is 0 Å². The standard InChI is InChI=1S/C12H20O3/c13-11(14)8-12(5-6-12)9-15-7-4-10-2-1-3-10/h10H,1-9H2,(H,13,14). The van der Waals surface area contributed by atoms with Crippen LogP contribution in [0.1, 0.15) is 44.9 Å². The van der Waals surface area contributed by atoms with Gasteiger partial charge in [0.2, 0.25) is 0 Å². The number of hydrogen-bond acceptors (Lipinski definition) is 2. The molecule has 0 heterocycles. The minimum atomic E-state index is -0.685. The van der Waals surface area contributed by atoms with Crippen LogP contribution in [0.25, 0.3) is 0 Å². The second-order valence-corrected chi connectivity index (χ2v) is 5.21. The molecule has 0 amide bonds. The summed E-state index contributed by atoms with van der Waals surface area (Å²) in [6.45, 7) is 1.48. The third-order valence-electron chi connectivity index (χ3n) is 3.79. The molecule has 15 heavy (non-hydrogen) atoms. The smallest absolute Gasteiger partial charge is 0.303 e. The lowest BCUT2D eigenvalue weighted by Gasteiger charge is -2.25. The zero-order valence-electron chi connectivity index (χ0n) is 9.21. The van der Waals surface area contributed by atoms with Gasteiger partial charge in [0.15, 0.2) is 0 Å². The van der Waals surface area contributed by atoms with E-state index < -0.39 is 5.97 Å². The van der Waals surface area contributed by atoms with Crippen molar-refractivity contribution in [1.82, 2.24) is 0 Å². The van der Waals surface area contributed by atoms with Crippen molar-refractivity contribution in [2.75, 3.05) is 13.2 Å². The van der Waals surface area contributed by atoms with Crippen molar-refractivity contribution < 1.29 is 14.6 Å². The maximum Gasteiger partial charge on any atom is 0.303 e. The van der Waals surface area contributed by atoms with E-state index in [1.165, 1.54) is 25.7 Å². The molecule has 0 radical (unpaired) electrons. The molecular formula is C12H20O3. The quantitative estimate of drug-likeness (QED) is 0.659. The number of aliphatic carboxylic acids is 1. The van der Waals surface area contributed by atoms with Crippen LogP contribution in [0.15, 0.2) is 0 Å². The predicted octanol–water partition coefficient (Wildman–Crippen LogP) is 2.45. The summed E-state index contributed by atoms with van der Waals surface area (Å²) in [4.78, 5) is 10.6. The van der Waals surface area contributed by atoms with Gasteiger partial charge in [-0.3, -0.25) is 4.79 Å². The molecular weight excluding hydrogens is 192 g/mol. The van der Waals surface area contributed by atoms with E-state index in [1.807, 2.05) is 0 Å². The van der Waals surface area contributed by atoms with E-state index in [2.05, 4.69) is 0 Å². The van der Waals surface area contributed by atoms with E-state index in [0.29, 0.717) is 6.61 Å². The van der Waals surface area contributed by atoms with Crippen LogP contribution in [0.5, 0.6) is 0 Å². The molecule has 0 atom stereocenters. The van der Waals surface area contributed by atoms with Crippen molar-refractivity contribution in [3.05, 3.63) is 0 Å². The molecule has 0 spiro atoms. The third-order valence-corrected chi connectivity index (χ3v) is 3.79.